The fourth-order valence-corrected chi connectivity index (χ4v) is 5.44. The number of rotatable bonds is 6. The molecule has 4 nitrogen and oxygen atoms in total. The van der Waals surface area contributed by atoms with Crippen molar-refractivity contribution in [2.24, 2.45) is 5.73 Å². The van der Waals surface area contributed by atoms with Crippen molar-refractivity contribution >= 4 is 29.1 Å². The van der Waals surface area contributed by atoms with Gasteiger partial charge in [0.05, 0.1) is 15.5 Å². The van der Waals surface area contributed by atoms with Gasteiger partial charge in [0, 0.05) is 12.0 Å². The zero-order chi connectivity index (χ0) is 21.2. The lowest BCUT2D eigenvalue weighted by Crippen LogP contribution is -2.50. The molecule has 2 aliphatic rings. The minimum absolute atomic E-state index is 0.0753. The number of nitrogens with zero attached hydrogens (tertiary/aromatic N) is 1. The number of primary amides is 1. The van der Waals surface area contributed by atoms with Crippen molar-refractivity contribution in [2.75, 3.05) is 32.7 Å². The lowest BCUT2D eigenvalue weighted by atomic mass is 9.71. The molecule has 2 fully saturated rings. The minimum atomic E-state index is -0.548. The van der Waals surface area contributed by atoms with Crippen LogP contribution in [0.1, 0.15) is 36.8 Å². The van der Waals surface area contributed by atoms with E-state index in [1.165, 1.54) is 5.56 Å². The first-order valence-electron chi connectivity index (χ1n) is 10.7. The zero-order valence-electron chi connectivity index (χ0n) is 17.2. The number of piperidine rings is 1. The summed E-state index contributed by atoms with van der Waals surface area (Å²) >= 11 is 12.5. The molecule has 0 spiro atoms. The number of likely N-dealkylation sites (tertiary alicyclic amines) is 1. The highest BCUT2D eigenvalue weighted by atomic mass is 35.5. The second-order valence-corrected chi connectivity index (χ2v) is 9.55. The van der Waals surface area contributed by atoms with Crippen LogP contribution in [0.3, 0.4) is 0 Å². The molecule has 2 aromatic rings. The molecule has 30 heavy (non-hydrogen) atoms. The number of benzene rings is 2. The topological polar surface area (TPSA) is 58.4 Å². The molecule has 1 atom stereocenters. The summed E-state index contributed by atoms with van der Waals surface area (Å²) in [5, 5.41) is 4.74. The monoisotopic (exact) mass is 445 g/mol. The summed E-state index contributed by atoms with van der Waals surface area (Å²) in [7, 11) is 0. The van der Waals surface area contributed by atoms with Gasteiger partial charge in [-0.3, -0.25) is 4.79 Å². The van der Waals surface area contributed by atoms with Gasteiger partial charge in [0.15, 0.2) is 0 Å². The number of amides is 1. The summed E-state index contributed by atoms with van der Waals surface area (Å²) in [6, 6.07) is 16.1. The molecule has 4 rings (SSSR count). The third-order valence-electron chi connectivity index (χ3n) is 7.19. The average Bonchev–Trinajstić information content (AvgIpc) is 3.25. The van der Waals surface area contributed by atoms with E-state index in [0.717, 1.165) is 64.0 Å². The van der Waals surface area contributed by atoms with Crippen LogP contribution in [0, 0.1) is 0 Å². The largest absolute Gasteiger partial charge is 0.369 e. The molecular formula is C24H29Cl2N3O. The van der Waals surface area contributed by atoms with Crippen LogP contribution >= 0.6 is 23.2 Å². The average molecular weight is 446 g/mol. The van der Waals surface area contributed by atoms with Gasteiger partial charge in [0.2, 0.25) is 5.91 Å². The Bertz CT molecular complexity index is 889. The van der Waals surface area contributed by atoms with Crippen LogP contribution in [0.4, 0.5) is 0 Å². The fraction of sp³-hybridized carbons (Fsp3) is 0.458. The molecule has 6 heteroatoms. The molecule has 1 amide bonds. The van der Waals surface area contributed by atoms with Crippen LogP contribution < -0.4 is 11.1 Å². The number of carbonyl (C=O) groups is 1. The highest BCUT2D eigenvalue weighted by molar-refractivity contribution is 6.42. The number of nitrogens with one attached hydrogen (secondary N) is 1. The standard InChI is InChI=1S/C24H29Cl2N3O/c25-20-7-6-19(16-21(20)26)23(8-12-28-17-23)9-13-29-14-10-24(11-15-29,22(27)30)18-4-2-1-3-5-18/h1-7,16,28H,8-15,17H2,(H2,27,30)/t23-/m1/s1. The SMILES string of the molecule is NC(=O)C1(c2ccccc2)CCN(CC[C@]2(c3ccc(Cl)c(Cl)c3)CCNC2)CC1. The molecule has 0 bridgehead atoms. The molecule has 0 unspecified atom stereocenters. The number of carbonyl (C=O) groups excluding carboxylic acids is 1. The molecule has 0 aromatic heterocycles. The molecule has 2 heterocycles. The van der Waals surface area contributed by atoms with Crippen LogP contribution in [0.25, 0.3) is 0 Å². The van der Waals surface area contributed by atoms with Crippen molar-refractivity contribution in [1.29, 1.82) is 0 Å². The Morgan fingerprint density at radius 2 is 1.73 bits per heavy atom. The molecule has 2 aromatic carbocycles. The Morgan fingerprint density at radius 1 is 1.00 bits per heavy atom. The molecule has 2 aliphatic heterocycles. The van der Waals surface area contributed by atoms with E-state index >= 15 is 0 Å². The summed E-state index contributed by atoms with van der Waals surface area (Å²) in [6.07, 6.45) is 3.68. The van der Waals surface area contributed by atoms with Gasteiger partial charge in [-0.1, -0.05) is 59.6 Å². The van der Waals surface area contributed by atoms with Crippen LogP contribution in [0.5, 0.6) is 0 Å². The lowest BCUT2D eigenvalue weighted by molar-refractivity contribution is -0.125. The van der Waals surface area contributed by atoms with Crippen molar-refractivity contribution in [1.82, 2.24) is 10.2 Å². The van der Waals surface area contributed by atoms with E-state index in [9.17, 15) is 4.79 Å². The first-order valence-corrected chi connectivity index (χ1v) is 11.4. The second-order valence-electron chi connectivity index (χ2n) is 8.74. The predicted molar refractivity (Wildman–Crippen MR) is 123 cm³/mol. The molecule has 0 saturated carbocycles. The van der Waals surface area contributed by atoms with Gasteiger partial charge in [-0.2, -0.15) is 0 Å². The second kappa shape index (κ2) is 8.88. The first kappa shape index (κ1) is 21.6. The van der Waals surface area contributed by atoms with E-state index in [1.807, 2.05) is 42.5 Å². The Balaban J connectivity index is 1.44. The van der Waals surface area contributed by atoms with Crippen LogP contribution in [0.2, 0.25) is 10.0 Å². The molecule has 0 radical (unpaired) electrons. The summed E-state index contributed by atoms with van der Waals surface area (Å²) < 4.78 is 0. The Morgan fingerprint density at radius 3 is 2.33 bits per heavy atom. The Labute approximate surface area is 188 Å². The van der Waals surface area contributed by atoms with E-state index in [2.05, 4.69) is 16.3 Å². The maximum absolute atomic E-state index is 12.4. The number of nitrogens with two attached hydrogens (primary N) is 1. The number of halogens is 2. The van der Waals surface area contributed by atoms with Gasteiger partial charge in [-0.05, 0) is 75.1 Å². The fourth-order valence-electron chi connectivity index (χ4n) is 5.14. The number of hydrogen-bond acceptors (Lipinski definition) is 3. The Kier molecular flexibility index (Phi) is 6.40. The van der Waals surface area contributed by atoms with Crippen molar-refractivity contribution in [3.05, 3.63) is 69.7 Å². The van der Waals surface area contributed by atoms with Crippen molar-refractivity contribution < 1.29 is 4.79 Å². The minimum Gasteiger partial charge on any atom is -0.369 e. The normalized spacial score (nSPS) is 24.1. The highest BCUT2D eigenvalue weighted by Gasteiger charge is 2.42. The van der Waals surface area contributed by atoms with Gasteiger partial charge < -0.3 is 16.0 Å². The molecular weight excluding hydrogens is 417 g/mol. The third-order valence-corrected chi connectivity index (χ3v) is 7.93. The number of hydrogen-bond donors (Lipinski definition) is 2. The van der Waals surface area contributed by atoms with Gasteiger partial charge in [-0.15, -0.1) is 0 Å². The van der Waals surface area contributed by atoms with Gasteiger partial charge >= 0.3 is 0 Å². The molecule has 3 N–H and O–H groups in total. The third kappa shape index (κ3) is 4.11. The summed E-state index contributed by atoms with van der Waals surface area (Å²) in [5.41, 5.74) is 7.72. The summed E-state index contributed by atoms with van der Waals surface area (Å²) in [4.78, 5) is 14.9. The van der Waals surface area contributed by atoms with E-state index in [1.54, 1.807) is 0 Å². The highest BCUT2D eigenvalue weighted by Crippen LogP contribution is 2.39. The molecule has 0 aliphatic carbocycles. The molecule has 2 saturated heterocycles. The van der Waals surface area contributed by atoms with E-state index in [4.69, 9.17) is 28.9 Å². The Hall–Kier alpha value is -1.59. The molecule has 160 valence electrons. The van der Waals surface area contributed by atoms with Crippen LogP contribution in [-0.4, -0.2) is 43.5 Å². The van der Waals surface area contributed by atoms with Crippen LogP contribution in [-0.2, 0) is 15.6 Å². The summed E-state index contributed by atoms with van der Waals surface area (Å²) in [5.74, 6) is -0.208. The van der Waals surface area contributed by atoms with Gasteiger partial charge in [0.25, 0.3) is 0 Å². The van der Waals surface area contributed by atoms with Crippen molar-refractivity contribution in [3.8, 4) is 0 Å². The van der Waals surface area contributed by atoms with E-state index in [-0.39, 0.29) is 11.3 Å². The maximum atomic E-state index is 12.4. The quantitative estimate of drug-likeness (QED) is 0.702. The maximum Gasteiger partial charge on any atom is 0.228 e. The zero-order valence-corrected chi connectivity index (χ0v) is 18.7. The van der Waals surface area contributed by atoms with Crippen molar-refractivity contribution in [2.45, 2.75) is 36.5 Å². The van der Waals surface area contributed by atoms with Crippen LogP contribution in [0.15, 0.2) is 48.5 Å². The van der Waals surface area contributed by atoms with E-state index < -0.39 is 5.41 Å². The van der Waals surface area contributed by atoms with Gasteiger partial charge in [-0.25, -0.2) is 0 Å². The van der Waals surface area contributed by atoms with E-state index in [0.29, 0.717) is 10.0 Å². The van der Waals surface area contributed by atoms with Gasteiger partial charge in [0.1, 0.15) is 0 Å². The lowest BCUT2D eigenvalue weighted by Gasteiger charge is -2.41. The summed E-state index contributed by atoms with van der Waals surface area (Å²) in [6.45, 7) is 4.71. The smallest absolute Gasteiger partial charge is 0.228 e. The first-order chi connectivity index (χ1) is 14.5. The van der Waals surface area contributed by atoms with Crippen molar-refractivity contribution in [3.63, 3.8) is 0 Å². The predicted octanol–water partition coefficient (Wildman–Crippen LogP) is 4.13.